The minimum absolute atomic E-state index is 0.297. The molecule has 0 saturated carbocycles. The quantitative estimate of drug-likeness (QED) is 0.259. The smallest absolute Gasteiger partial charge is 0.271 e. The fourth-order valence-corrected chi connectivity index (χ4v) is 3.40. The van der Waals surface area contributed by atoms with E-state index in [0.29, 0.717) is 5.56 Å². The molecule has 0 unspecified atom stereocenters. The second kappa shape index (κ2) is 10.7. The van der Waals surface area contributed by atoms with Crippen LogP contribution in [0.25, 0.3) is 11.4 Å². The Morgan fingerprint density at radius 3 is 1.72 bits per heavy atom. The average molecular weight is 475 g/mol. The molecule has 1 amide bonds. The van der Waals surface area contributed by atoms with Crippen LogP contribution in [0.4, 0.5) is 5.69 Å². The maximum atomic E-state index is 12.4. The zero-order chi connectivity index (χ0) is 24.6. The average Bonchev–Trinajstić information content (AvgIpc) is 3.65. The van der Waals surface area contributed by atoms with Crippen molar-refractivity contribution >= 4 is 24.0 Å². The lowest BCUT2D eigenvalue weighted by Gasteiger charge is -2.04. The van der Waals surface area contributed by atoms with Gasteiger partial charge in [-0.1, -0.05) is 24.3 Å². The molecule has 2 N–H and O–H groups in total. The minimum Gasteiger partial charge on any atom is -0.306 e. The van der Waals surface area contributed by atoms with Gasteiger partial charge in [0.15, 0.2) is 0 Å². The molecule has 0 aliphatic carbocycles. The first-order chi connectivity index (χ1) is 17.7. The maximum Gasteiger partial charge on any atom is 0.271 e. The van der Waals surface area contributed by atoms with E-state index in [4.69, 9.17) is 0 Å². The van der Waals surface area contributed by atoms with Crippen LogP contribution < -0.4 is 10.9 Å². The molecule has 2 heterocycles. The van der Waals surface area contributed by atoms with Gasteiger partial charge in [0.2, 0.25) is 0 Å². The van der Waals surface area contributed by atoms with Gasteiger partial charge in [-0.3, -0.25) is 10.2 Å². The van der Waals surface area contributed by atoms with E-state index in [-0.39, 0.29) is 5.91 Å². The van der Waals surface area contributed by atoms with Gasteiger partial charge < -0.3 is 9.13 Å². The molecule has 0 aliphatic heterocycles. The van der Waals surface area contributed by atoms with Gasteiger partial charge in [-0.05, 0) is 59.7 Å². The number of imidazole rings is 2. The van der Waals surface area contributed by atoms with Gasteiger partial charge in [-0.2, -0.15) is 10.2 Å². The lowest BCUT2D eigenvalue weighted by molar-refractivity contribution is 0.0955. The molecule has 0 saturated heterocycles. The van der Waals surface area contributed by atoms with Crippen LogP contribution in [0.3, 0.4) is 0 Å². The molecule has 5 rings (SSSR count). The number of amides is 1. The topological polar surface area (TPSA) is 101 Å². The monoisotopic (exact) mass is 474 g/mol. The number of aromatic nitrogens is 4. The molecular formula is C27H22N8O. The van der Waals surface area contributed by atoms with Crippen molar-refractivity contribution in [1.82, 2.24) is 24.5 Å². The van der Waals surface area contributed by atoms with Crippen molar-refractivity contribution in [3.8, 4) is 11.4 Å². The third kappa shape index (κ3) is 5.60. The molecule has 36 heavy (non-hydrogen) atoms. The third-order valence-electron chi connectivity index (χ3n) is 5.33. The van der Waals surface area contributed by atoms with E-state index in [9.17, 15) is 4.79 Å². The number of hydrogen-bond donors (Lipinski definition) is 2. The van der Waals surface area contributed by atoms with Crippen LogP contribution in [-0.4, -0.2) is 37.4 Å². The first-order valence-electron chi connectivity index (χ1n) is 11.1. The Morgan fingerprint density at radius 2 is 1.22 bits per heavy atom. The summed E-state index contributed by atoms with van der Waals surface area (Å²) in [5, 5.41) is 8.31. The van der Waals surface area contributed by atoms with Crippen molar-refractivity contribution in [3.05, 3.63) is 127 Å². The highest BCUT2D eigenvalue weighted by atomic mass is 16.2. The largest absolute Gasteiger partial charge is 0.306 e. The molecular weight excluding hydrogens is 452 g/mol. The van der Waals surface area contributed by atoms with Crippen molar-refractivity contribution < 1.29 is 4.79 Å². The minimum atomic E-state index is -0.297. The molecule has 9 nitrogen and oxygen atoms in total. The van der Waals surface area contributed by atoms with Crippen LogP contribution in [0.2, 0.25) is 0 Å². The number of nitrogens with one attached hydrogen (secondary N) is 2. The predicted octanol–water partition coefficient (Wildman–Crippen LogP) is 4.27. The van der Waals surface area contributed by atoms with Crippen LogP contribution in [0.1, 0.15) is 21.5 Å². The molecule has 176 valence electrons. The summed E-state index contributed by atoms with van der Waals surface area (Å²) in [6.07, 6.45) is 14.1. The fraction of sp³-hybridized carbons (Fsp3) is 0. The van der Waals surface area contributed by atoms with E-state index in [1.54, 1.807) is 61.7 Å². The summed E-state index contributed by atoms with van der Waals surface area (Å²) in [6.45, 7) is 0. The van der Waals surface area contributed by atoms with E-state index in [2.05, 4.69) is 31.0 Å². The molecule has 0 atom stereocenters. The number of benzene rings is 3. The molecule has 0 radical (unpaired) electrons. The van der Waals surface area contributed by atoms with Crippen LogP contribution in [0.15, 0.2) is 120 Å². The molecule has 0 spiro atoms. The standard InChI is InChI=1S/C27H22N8O/c36-27(33-31-18-22-3-11-26(12-4-22)35-16-14-29-20-35)23-5-7-24(8-6-23)32-30-17-21-1-9-25(10-2-21)34-15-13-28-19-34/h1-20,32H,(H,33,36)/b30-17+,31-18+. The molecule has 0 aliphatic rings. The number of carbonyl (C=O) groups excluding carboxylic acids is 1. The van der Waals surface area contributed by atoms with E-state index >= 15 is 0 Å². The van der Waals surface area contributed by atoms with Gasteiger partial charge in [0.05, 0.1) is 30.8 Å². The summed E-state index contributed by atoms with van der Waals surface area (Å²) in [6, 6.07) is 22.7. The van der Waals surface area contributed by atoms with Gasteiger partial charge in [-0.15, -0.1) is 0 Å². The number of hydrogen-bond acceptors (Lipinski definition) is 6. The first kappa shape index (κ1) is 22.5. The summed E-state index contributed by atoms with van der Waals surface area (Å²) >= 11 is 0. The highest BCUT2D eigenvalue weighted by molar-refractivity contribution is 5.95. The Bertz CT molecular complexity index is 1450. The van der Waals surface area contributed by atoms with Crippen molar-refractivity contribution in [1.29, 1.82) is 0 Å². The van der Waals surface area contributed by atoms with E-state index in [1.807, 2.05) is 70.1 Å². The number of rotatable bonds is 8. The highest BCUT2D eigenvalue weighted by Gasteiger charge is 2.04. The Hall–Kier alpha value is -5.31. The van der Waals surface area contributed by atoms with Gasteiger partial charge in [0.25, 0.3) is 5.91 Å². The second-order valence-corrected chi connectivity index (χ2v) is 7.77. The van der Waals surface area contributed by atoms with Crippen molar-refractivity contribution in [2.75, 3.05) is 5.43 Å². The zero-order valence-electron chi connectivity index (χ0n) is 19.1. The molecule has 3 aromatic carbocycles. The van der Waals surface area contributed by atoms with Gasteiger partial charge in [-0.25, -0.2) is 15.4 Å². The molecule has 9 heteroatoms. The Labute approximate surface area is 207 Å². The molecule has 2 aromatic heterocycles. The van der Waals surface area contributed by atoms with E-state index in [0.717, 1.165) is 28.2 Å². The lowest BCUT2D eigenvalue weighted by atomic mass is 10.2. The second-order valence-electron chi connectivity index (χ2n) is 7.77. The van der Waals surface area contributed by atoms with Gasteiger partial charge in [0, 0.05) is 41.7 Å². The third-order valence-corrected chi connectivity index (χ3v) is 5.33. The van der Waals surface area contributed by atoms with E-state index in [1.165, 1.54) is 0 Å². The molecule has 5 aromatic rings. The van der Waals surface area contributed by atoms with Crippen molar-refractivity contribution in [3.63, 3.8) is 0 Å². The molecule has 0 fully saturated rings. The number of hydrazone groups is 2. The highest BCUT2D eigenvalue weighted by Crippen LogP contribution is 2.11. The van der Waals surface area contributed by atoms with Crippen LogP contribution in [0.5, 0.6) is 0 Å². The van der Waals surface area contributed by atoms with Crippen LogP contribution in [-0.2, 0) is 0 Å². The van der Waals surface area contributed by atoms with E-state index < -0.39 is 0 Å². The Kier molecular flexibility index (Phi) is 6.71. The first-order valence-corrected chi connectivity index (χ1v) is 11.1. The normalized spacial score (nSPS) is 11.2. The summed E-state index contributed by atoms with van der Waals surface area (Å²) in [4.78, 5) is 20.5. The Balaban J connectivity index is 1.11. The van der Waals surface area contributed by atoms with Gasteiger partial charge in [0.1, 0.15) is 0 Å². The Morgan fingerprint density at radius 1 is 0.694 bits per heavy atom. The van der Waals surface area contributed by atoms with Crippen LogP contribution >= 0.6 is 0 Å². The lowest BCUT2D eigenvalue weighted by Crippen LogP contribution is -2.17. The number of nitrogens with zero attached hydrogens (tertiary/aromatic N) is 6. The molecule has 0 bridgehead atoms. The zero-order valence-corrected chi connectivity index (χ0v) is 19.1. The number of anilines is 1. The van der Waals surface area contributed by atoms with Crippen molar-refractivity contribution in [2.24, 2.45) is 10.2 Å². The fourth-order valence-electron chi connectivity index (χ4n) is 3.40. The SMILES string of the molecule is O=C(N/N=C/c1ccc(-n2ccnc2)cc1)c1ccc(N/N=C/c2ccc(-n3ccnc3)cc2)cc1. The summed E-state index contributed by atoms with van der Waals surface area (Å²) < 4.78 is 3.84. The van der Waals surface area contributed by atoms with Crippen LogP contribution in [0, 0.1) is 0 Å². The van der Waals surface area contributed by atoms with Gasteiger partial charge >= 0.3 is 0 Å². The maximum absolute atomic E-state index is 12.4. The number of carbonyl (C=O) groups is 1. The predicted molar refractivity (Wildman–Crippen MR) is 140 cm³/mol. The summed E-state index contributed by atoms with van der Waals surface area (Å²) in [5.74, 6) is -0.297. The summed E-state index contributed by atoms with van der Waals surface area (Å²) in [7, 11) is 0. The van der Waals surface area contributed by atoms with Crippen molar-refractivity contribution in [2.45, 2.75) is 0 Å². The summed E-state index contributed by atoms with van der Waals surface area (Å²) in [5.41, 5.74) is 10.6.